The maximum absolute atomic E-state index is 4.97. The van der Waals surface area contributed by atoms with E-state index in [-0.39, 0.29) is 0 Å². The van der Waals surface area contributed by atoms with Crippen molar-refractivity contribution in [2.45, 2.75) is 55.4 Å². The Morgan fingerprint density at radius 3 is 1.20 bits per heavy atom. The topological polar surface area (TPSA) is 24.7 Å². The maximum Gasteiger partial charge on any atom is 0.0691 e. The van der Waals surface area contributed by atoms with Gasteiger partial charge in [0.05, 0.1) is 11.4 Å². The number of aliphatic imine (C=N–C) groups is 2. The molecule has 154 valence electrons. The van der Waals surface area contributed by atoms with Crippen LogP contribution < -0.4 is 0 Å². The summed E-state index contributed by atoms with van der Waals surface area (Å²) in [6.45, 7) is 16.9. The Kier molecular flexibility index (Phi) is 6.36. The van der Waals surface area contributed by atoms with Crippen molar-refractivity contribution in [3.05, 3.63) is 93.0 Å². The van der Waals surface area contributed by atoms with Gasteiger partial charge in [-0.25, -0.2) is 0 Å². The maximum atomic E-state index is 4.97. The summed E-state index contributed by atoms with van der Waals surface area (Å²) < 4.78 is 0. The number of hydrogen-bond donors (Lipinski definition) is 0. The van der Waals surface area contributed by atoms with Gasteiger partial charge in [-0.05, 0) is 94.8 Å². The summed E-state index contributed by atoms with van der Waals surface area (Å²) in [6.07, 6.45) is 0. The lowest BCUT2D eigenvalue weighted by Gasteiger charge is -2.11. The second-order valence-corrected chi connectivity index (χ2v) is 8.47. The highest BCUT2D eigenvalue weighted by atomic mass is 14.8. The van der Waals surface area contributed by atoms with Gasteiger partial charge in [-0.2, -0.15) is 0 Å². The highest BCUT2D eigenvalue weighted by Crippen LogP contribution is 2.27. The molecule has 2 heteroatoms. The van der Waals surface area contributed by atoms with E-state index >= 15 is 0 Å². The second-order valence-electron chi connectivity index (χ2n) is 8.47. The molecule has 30 heavy (non-hydrogen) atoms. The van der Waals surface area contributed by atoms with Crippen LogP contribution in [0.3, 0.4) is 0 Å². The highest BCUT2D eigenvalue weighted by Gasteiger charge is 2.08. The summed E-state index contributed by atoms with van der Waals surface area (Å²) in [6, 6.07) is 17.3. The third kappa shape index (κ3) is 4.76. The Balaban J connectivity index is 1.99. The van der Waals surface area contributed by atoms with Gasteiger partial charge in [0, 0.05) is 11.4 Å². The smallest absolute Gasteiger partial charge is 0.0691 e. The Morgan fingerprint density at radius 2 is 0.867 bits per heavy atom. The standard InChI is InChI=1S/C28H32N2/c1-17-12-19(3)27(20(4)13-17)29-23(7)25-10-9-11-26(16-25)24(8)30-28-21(5)14-18(2)15-22(28)6/h9-16H,1-8H3. The van der Waals surface area contributed by atoms with Gasteiger partial charge in [-0.15, -0.1) is 0 Å². The van der Waals surface area contributed by atoms with E-state index in [1.54, 1.807) is 0 Å². The van der Waals surface area contributed by atoms with Crippen molar-refractivity contribution in [3.63, 3.8) is 0 Å². The molecule has 0 saturated heterocycles. The molecule has 0 heterocycles. The van der Waals surface area contributed by atoms with Gasteiger partial charge in [0.2, 0.25) is 0 Å². The molecule has 0 radical (unpaired) electrons. The van der Waals surface area contributed by atoms with Gasteiger partial charge in [-0.3, -0.25) is 9.98 Å². The molecule has 0 aliphatic rings. The fourth-order valence-corrected chi connectivity index (χ4v) is 4.13. The van der Waals surface area contributed by atoms with Crippen LogP contribution in [0, 0.1) is 41.5 Å². The molecule has 3 aromatic rings. The molecule has 0 N–H and O–H groups in total. The largest absolute Gasteiger partial charge is 0.253 e. The van der Waals surface area contributed by atoms with Crippen LogP contribution in [-0.4, -0.2) is 11.4 Å². The number of hydrogen-bond acceptors (Lipinski definition) is 2. The van der Waals surface area contributed by atoms with Crippen molar-refractivity contribution >= 4 is 22.8 Å². The summed E-state index contributed by atoms with van der Waals surface area (Å²) in [4.78, 5) is 9.94. The Labute approximate surface area is 181 Å². The van der Waals surface area contributed by atoms with Gasteiger partial charge < -0.3 is 0 Å². The highest BCUT2D eigenvalue weighted by molar-refractivity contribution is 6.05. The zero-order valence-electron chi connectivity index (χ0n) is 19.5. The third-order valence-electron chi connectivity index (χ3n) is 5.53. The number of benzene rings is 3. The van der Waals surface area contributed by atoms with Gasteiger partial charge in [0.1, 0.15) is 0 Å². The van der Waals surface area contributed by atoms with E-state index in [9.17, 15) is 0 Å². The molecule has 0 spiro atoms. The molecule has 0 aliphatic heterocycles. The number of aryl methyl sites for hydroxylation is 6. The van der Waals surface area contributed by atoms with Gasteiger partial charge in [-0.1, -0.05) is 53.6 Å². The van der Waals surface area contributed by atoms with Crippen molar-refractivity contribution in [1.82, 2.24) is 0 Å². The SMILES string of the molecule is CC(=Nc1c(C)cc(C)cc1C)c1cccc(C(C)=Nc2c(C)cc(C)cc2C)c1. The lowest BCUT2D eigenvalue weighted by molar-refractivity contribution is 1.28. The van der Waals surface area contributed by atoms with Crippen molar-refractivity contribution < 1.29 is 0 Å². The first-order valence-corrected chi connectivity index (χ1v) is 10.5. The molecule has 0 aromatic heterocycles. The van der Waals surface area contributed by atoms with Crippen molar-refractivity contribution in [2.75, 3.05) is 0 Å². The van der Waals surface area contributed by atoms with Crippen LogP contribution in [0.25, 0.3) is 0 Å². The molecular formula is C28H32N2. The molecule has 0 aliphatic carbocycles. The van der Waals surface area contributed by atoms with Gasteiger partial charge in [0.25, 0.3) is 0 Å². The zero-order chi connectivity index (χ0) is 22.0. The van der Waals surface area contributed by atoms with E-state index < -0.39 is 0 Å². The van der Waals surface area contributed by atoms with Gasteiger partial charge in [0.15, 0.2) is 0 Å². The minimum Gasteiger partial charge on any atom is -0.253 e. The molecule has 3 rings (SSSR count). The summed E-state index contributed by atoms with van der Waals surface area (Å²) in [7, 11) is 0. The van der Waals surface area contributed by atoms with E-state index in [4.69, 9.17) is 9.98 Å². The summed E-state index contributed by atoms with van der Waals surface area (Å²) in [5.74, 6) is 0. The first-order valence-electron chi connectivity index (χ1n) is 10.5. The molecular weight excluding hydrogens is 364 g/mol. The van der Waals surface area contributed by atoms with E-state index in [0.717, 1.165) is 33.9 Å². The summed E-state index contributed by atoms with van der Waals surface area (Å²) in [5, 5.41) is 0. The van der Waals surface area contributed by atoms with Crippen LogP contribution in [0.1, 0.15) is 58.4 Å². The van der Waals surface area contributed by atoms with E-state index in [0.29, 0.717) is 0 Å². The van der Waals surface area contributed by atoms with Crippen LogP contribution in [-0.2, 0) is 0 Å². The lowest BCUT2D eigenvalue weighted by Crippen LogP contribution is -2.00. The Morgan fingerprint density at radius 1 is 0.533 bits per heavy atom. The molecule has 0 saturated carbocycles. The molecule has 0 amide bonds. The monoisotopic (exact) mass is 396 g/mol. The van der Waals surface area contributed by atoms with E-state index in [1.807, 2.05) is 0 Å². The van der Waals surface area contributed by atoms with Crippen LogP contribution in [0.2, 0.25) is 0 Å². The summed E-state index contributed by atoms with van der Waals surface area (Å²) >= 11 is 0. The van der Waals surface area contributed by atoms with Crippen LogP contribution in [0.5, 0.6) is 0 Å². The minimum absolute atomic E-state index is 1.02. The molecule has 0 bridgehead atoms. The predicted octanol–water partition coefficient (Wildman–Crippen LogP) is 7.82. The van der Waals surface area contributed by atoms with Gasteiger partial charge >= 0.3 is 0 Å². The Hall–Kier alpha value is -3.00. The van der Waals surface area contributed by atoms with Crippen molar-refractivity contribution in [1.29, 1.82) is 0 Å². The quantitative estimate of drug-likeness (QED) is 0.402. The second kappa shape index (κ2) is 8.79. The number of rotatable bonds is 4. The van der Waals surface area contributed by atoms with Crippen LogP contribution >= 0.6 is 0 Å². The first kappa shape index (κ1) is 21.7. The van der Waals surface area contributed by atoms with Crippen molar-refractivity contribution in [3.8, 4) is 0 Å². The molecule has 0 unspecified atom stereocenters. The van der Waals surface area contributed by atoms with Crippen LogP contribution in [0.4, 0.5) is 11.4 Å². The average Bonchev–Trinajstić information content (AvgIpc) is 2.67. The zero-order valence-corrected chi connectivity index (χ0v) is 19.5. The fourth-order valence-electron chi connectivity index (χ4n) is 4.13. The van der Waals surface area contributed by atoms with E-state index in [2.05, 4.69) is 104 Å². The minimum atomic E-state index is 1.02. The fraction of sp³-hybridized carbons (Fsp3) is 0.286. The normalized spacial score (nSPS) is 12.4. The predicted molar refractivity (Wildman–Crippen MR) is 131 cm³/mol. The molecule has 3 aromatic carbocycles. The van der Waals surface area contributed by atoms with E-state index in [1.165, 1.54) is 33.4 Å². The molecule has 0 atom stereocenters. The average molecular weight is 397 g/mol. The number of nitrogens with zero attached hydrogens (tertiary/aromatic N) is 2. The third-order valence-corrected chi connectivity index (χ3v) is 5.53. The first-order chi connectivity index (χ1) is 14.2. The van der Waals surface area contributed by atoms with Crippen molar-refractivity contribution in [2.24, 2.45) is 9.98 Å². The van der Waals surface area contributed by atoms with Crippen LogP contribution in [0.15, 0.2) is 58.5 Å². The lowest BCUT2D eigenvalue weighted by atomic mass is 10.0. The molecule has 2 nitrogen and oxygen atoms in total. The molecule has 0 fully saturated rings. The summed E-state index contributed by atoms with van der Waals surface area (Å²) in [5.41, 5.74) is 13.8. The Bertz CT molecular complexity index is 1030.